The topological polar surface area (TPSA) is 46.5 Å². The van der Waals surface area contributed by atoms with Crippen LogP contribution in [0.2, 0.25) is 0 Å². The number of aryl methyl sites for hydroxylation is 1. The van der Waals surface area contributed by atoms with Crippen LogP contribution in [0.15, 0.2) is 66.7 Å². The number of benzene rings is 3. The van der Waals surface area contributed by atoms with Gasteiger partial charge in [0.05, 0.1) is 0 Å². The highest BCUT2D eigenvalue weighted by atomic mass is 16.5. The normalized spacial score (nSPS) is 12.0. The fourth-order valence-corrected chi connectivity index (χ4v) is 2.69. The van der Waals surface area contributed by atoms with Gasteiger partial charge in [-0.2, -0.15) is 0 Å². The molecule has 0 heterocycles. The van der Waals surface area contributed by atoms with Crippen LogP contribution in [0, 0.1) is 6.92 Å². The minimum absolute atomic E-state index is 0.324. The Hall–Kier alpha value is -2.81. The minimum Gasteiger partial charge on any atom is -0.478 e. The lowest BCUT2D eigenvalue weighted by molar-refractivity contribution is -0.145. The first-order valence-electron chi connectivity index (χ1n) is 7.57. The average Bonchev–Trinajstić information content (AvgIpc) is 2.56. The van der Waals surface area contributed by atoms with Gasteiger partial charge in [-0.1, -0.05) is 60.7 Å². The van der Waals surface area contributed by atoms with Gasteiger partial charge in [0.2, 0.25) is 0 Å². The van der Waals surface area contributed by atoms with E-state index in [1.54, 1.807) is 6.07 Å². The van der Waals surface area contributed by atoms with Crippen molar-refractivity contribution in [2.75, 3.05) is 0 Å². The Labute approximate surface area is 135 Å². The highest BCUT2D eigenvalue weighted by Gasteiger charge is 2.21. The summed E-state index contributed by atoms with van der Waals surface area (Å²) in [6, 6.07) is 21.4. The van der Waals surface area contributed by atoms with Crippen LogP contribution in [0.3, 0.4) is 0 Å². The molecule has 0 radical (unpaired) electrons. The Balaban J connectivity index is 1.90. The van der Waals surface area contributed by atoms with Gasteiger partial charge in [0, 0.05) is 6.42 Å². The molecule has 116 valence electrons. The molecule has 1 N–H and O–H groups in total. The van der Waals surface area contributed by atoms with E-state index in [1.165, 1.54) is 0 Å². The second-order valence-corrected chi connectivity index (χ2v) is 5.55. The van der Waals surface area contributed by atoms with Crippen LogP contribution >= 0.6 is 0 Å². The number of fused-ring (bicyclic) bond motifs is 1. The van der Waals surface area contributed by atoms with Crippen LogP contribution in [0.4, 0.5) is 0 Å². The Morgan fingerprint density at radius 1 is 1.00 bits per heavy atom. The van der Waals surface area contributed by atoms with Crippen molar-refractivity contribution in [3.63, 3.8) is 0 Å². The van der Waals surface area contributed by atoms with Gasteiger partial charge in [-0.05, 0) is 34.9 Å². The molecule has 0 spiro atoms. The summed E-state index contributed by atoms with van der Waals surface area (Å²) in [6.07, 6.45) is -0.590. The molecule has 0 aromatic heterocycles. The number of hydrogen-bond acceptors (Lipinski definition) is 2. The third kappa shape index (κ3) is 3.34. The van der Waals surface area contributed by atoms with E-state index in [4.69, 9.17) is 4.74 Å². The third-order valence-corrected chi connectivity index (χ3v) is 3.92. The number of para-hydroxylation sites is 1. The number of hydrogen-bond donors (Lipinski definition) is 1. The summed E-state index contributed by atoms with van der Waals surface area (Å²) in [4.78, 5) is 11.6. The zero-order valence-corrected chi connectivity index (χ0v) is 12.9. The summed E-state index contributed by atoms with van der Waals surface area (Å²) in [6.45, 7) is 1.91. The van der Waals surface area contributed by atoms with Crippen molar-refractivity contribution in [1.29, 1.82) is 0 Å². The van der Waals surface area contributed by atoms with E-state index in [1.807, 2.05) is 67.6 Å². The quantitative estimate of drug-likeness (QED) is 0.767. The largest absolute Gasteiger partial charge is 0.478 e. The van der Waals surface area contributed by atoms with Gasteiger partial charge in [0.15, 0.2) is 6.10 Å². The molecule has 0 fully saturated rings. The molecule has 3 heteroatoms. The molecule has 0 aliphatic rings. The maximum Gasteiger partial charge on any atom is 0.345 e. The van der Waals surface area contributed by atoms with Crippen LogP contribution < -0.4 is 4.74 Å². The van der Waals surface area contributed by atoms with E-state index in [-0.39, 0.29) is 0 Å². The number of carboxylic acids is 1. The molecule has 0 bridgehead atoms. The smallest absolute Gasteiger partial charge is 0.345 e. The molecule has 23 heavy (non-hydrogen) atoms. The first-order chi connectivity index (χ1) is 11.1. The van der Waals surface area contributed by atoms with E-state index in [0.717, 1.165) is 21.9 Å². The fraction of sp³-hybridized carbons (Fsp3) is 0.150. The molecule has 0 aliphatic carbocycles. The van der Waals surface area contributed by atoms with Crippen LogP contribution in [-0.4, -0.2) is 17.2 Å². The first-order valence-corrected chi connectivity index (χ1v) is 7.57. The lowest BCUT2D eigenvalue weighted by Crippen LogP contribution is -2.29. The Kier molecular flexibility index (Phi) is 4.29. The standard InChI is InChI=1S/C20H18O3/c1-14-7-2-5-12-18(14)23-19(20(21)22)13-16-10-6-9-15-8-3-4-11-17(15)16/h2-12,19H,13H2,1H3,(H,21,22)/t19-/m1/s1. The molecule has 3 nitrogen and oxygen atoms in total. The van der Waals surface area contributed by atoms with Gasteiger partial charge in [-0.3, -0.25) is 0 Å². The van der Waals surface area contributed by atoms with Gasteiger partial charge in [-0.15, -0.1) is 0 Å². The molecule has 0 saturated carbocycles. The molecule has 0 amide bonds. The summed E-state index contributed by atoms with van der Waals surface area (Å²) < 4.78 is 5.76. The van der Waals surface area contributed by atoms with Gasteiger partial charge in [0.25, 0.3) is 0 Å². The van der Waals surface area contributed by atoms with Crippen molar-refractivity contribution in [3.05, 3.63) is 77.9 Å². The summed E-state index contributed by atoms with van der Waals surface area (Å²) in [5.74, 6) is -0.346. The van der Waals surface area contributed by atoms with Crippen molar-refractivity contribution in [2.45, 2.75) is 19.4 Å². The minimum atomic E-state index is -0.957. The molecule has 0 saturated heterocycles. The number of carboxylic acid groups (broad SMARTS) is 1. The molecule has 3 aromatic rings. The summed E-state index contributed by atoms with van der Waals surface area (Å²) in [7, 11) is 0. The maximum absolute atomic E-state index is 11.6. The van der Waals surface area contributed by atoms with Crippen LogP contribution in [0.25, 0.3) is 10.8 Å². The monoisotopic (exact) mass is 306 g/mol. The van der Waals surface area contributed by atoms with Crippen molar-refractivity contribution in [1.82, 2.24) is 0 Å². The van der Waals surface area contributed by atoms with E-state index in [2.05, 4.69) is 0 Å². The first kappa shape index (κ1) is 15.1. The molecule has 3 rings (SSSR count). The van der Waals surface area contributed by atoms with Gasteiger partial charge in [-0.25, -0.2) is 4.79 Å². The van der Waals surface area contributed by atoms with Gasteiger partial charge in [0.1, 0.15) is 5.75 Å². The van der Waals surface area contributed by atoms with Crippen LogP contribution in [0.5, 0.6) is 5.75 Å². The SMILES string of the molecule is Cc1ccccc1O[C@H](Cc1cccc2ccccc12)C(=O)O. The summed E-state index contributed by atoms with van der Waals surface area (Å²) >= 11 is 0. The molecule has 1 atom stereocenters. The second-order valence-electron chi connectivity index (χ2n) is 5.55. The molecule has 0 unspecified atom stereocenters. The third-order valence-electron chi connectivity index (χ3n) is 3.92. The molecular formula is C20H18O3. The Morgan fingerprint density at radius 2 is 1.70 bits per heavy atom. The predicted molar refractivity (Wildman–Crippen MR) is 90.9 cm³/mol. The highest BCUT2D eigenvalue weighted by Crippen LogP contribution is 2.23. The lowest BCUT2D eigenvalue weighted by Gasteiger charge is -2.17. The number of aliphatic carboxylic acids is 1. The van der Waals surface area contributed by atoms with Crippen LogP contribution in [0.1, 0.15) is 11.1 Å². The fourth-order valence-electron chi connectivity index (χ4n) is 2.69. The van der Waals surface area contributed by atoms with Crippen molar-refractivity contribution < 1.29 is 14.6 Å². The molecule has 0 aliphatic heterocycles. The van der Waals surface area contributed by atoms with Crippen LogP contribution in [-0.2, 0) is 11.2 Å². The summed E-state index contributed by atoms with van der Waals surface area (Å²) in [5, 5.41) is 11.7. The zero-order valence-electron chi connectivity index (χ0n) is 12.9. The number of rotatable bonds is 5. The molecular weight excluding hydrogens is 288 g/mol. The Morgan fingerprint density at radius 3 is 2.48 bits per heavy atom. The number of carbonyl (C=O) groups is 1. The second kappa shape index (κ2) is 6.53. The Bertz CT molecular complexity index is 834. The van der Waals surface area contributed by atoms with Crippen molar-refractivity contribution >= 4 is 16.7 Å². The van der Waals surface area contributed by atoms with Crippen molar-refractivity contribution in [3.8, 4) is 5.75 Å². The predicted octanol–water partition coefficient (Wildman–Crippen LogP) is 4.22. The van der Waals surface area contributed by atoms with Crippen molar-refractivity contribution in [2.24, 2.45) is 0 Å². The number of ether oxygens (including phenoxy) is 1. The lowest BCUT2D eigenvalue weighted by atomic mass is 10.00. The van der Waals surface area contributed by atoms with E-state index < -0.39 is 12.1 Å². The average molecular weight is 306 g/mol. The summed E-state index contributed by atoms with van der Waals surface area (Å²) in [5.41, 5.74) is 1.90. The van der Waals surface area contributed by atoms with E-state index >= 15 is 0 Å². The van der Waals surface area contributed by atoms with E-state index in [0.29, 0.717) is 12.2 Å². The maximum atomic E-state index is 11.6. The van der Waals surface area contributed by atoms with Gasteiger partial charge < -0.3 is 9.84 Å². The zero-order chi connectivity index (χ0) is 16.2. The highest BCUT2D eigenvalue weighted by molar-refractivity contribution is 5.86. The molecule has 3 aromatic carbocycles. The van der Waals surface area contributed by atoms with E-state index in [9.17, 15) is 9.90 Å². The van der Waals surface area contributed by atoms with Gasteiger partial charge >= 0.3 is 5.97 Å².